The van der Waals surface area contributed by atoms with E-state index in [2.05, 4.69) is 42.3 Å². The Balaban J connectivity index is 2.11. The zero-order chi connectivity index (χ0) is 25.2. The predicted octanol–water partition coefficient (Wildman–Crippen LogP) is 10.7. The lowest BCUT2D eigenvalue weighted by molar-refractivity contribution is -0.704. The third-order valence-electron chi connectivity index (χ3n) is 7.85. The normalized spacial score (nSPS) is 11.5. The molecule has 0 saturated carbocycles. The van der Waals surface area contributed by atoms with Crippen molar-refractivity contribution in [2.45, 2.75) is 194 Å². The van der Waals surface area contributed by atoms with E-state index in [4.69, 9.17) is 0 Å². The molecule has 0 amide bonds. The topological polar surface area (TPSA) is 8.81 Å². The van der Waals surface area contributed by atoms with E-state index < -0.39 is 0 Å². The molecule has 0 saturated heterocycles. The van der Waals surface area contributed by atoms with E-state index in [1.807, 2.05) is 0 Å². The SMILES string of the molecule is CCCCCCCCCCCCCCCCCCc1n(CCCCC)cc[n+]1CCCCCCC. The van der Waals surface area contributed by atoms with Crippen molar-refractivity contribution >= 4 is 0 Å². The maximum Gasteiger partial charge on any atom is 0.256 e. The second kappa shape index (κ2) is 24.9. The summed E-state index contributed by atoms with van der Waals surface area (Å²) in [6, 6.07) is 0. The molecule has 0 unspecified atom stereocenters. The molecule has 35 heavy (non-hydrogen) atoms. The zero-order valence-electron chi connectivity index (χ0n) is 24.6. The van der Waals surface area contributed by atoms with Gasteiger partial charge in [-0.25, -0.2) is 9.13 Å². The van der Waals surface area contributed by atoms with Gasteiger partial charge in [-0.05, 0) is 32.1 Å². The summed E-state index contributed by atoms with van der Waals surface area (Å²) in [5, 5.41) is 0. The van der Waals surface area contributed by atoms with Crippen LogP contribution in [0.15, 0.2) is 12.4 Å². The molecule has 206 valence electrons. The van der Waals surface area contributed by atoms with E-state index in [0.717, 1.165) is 0 Å². The van der Waals surface area contributed by atoms with Crippen LogP contribution in [-0.2, 0) is 19.5 Å². The lowest BCUT2D eigenvalue weighted by Gasteiger charge is -2.07. The first-order valence-electron chi connectivity index (χ1n) is 16.4. The molecule has 2 nitrogen and oxygen atoms in total. The van der Waals surface area contributed by atoms with Gasteiger partial charge in [0.15, 0.2) is 0 Å². The summed E-state index contributed by atoms with van der Waals surface area (Å²) in [7, 11) is 0. The fraction of sp³-hybridized carbons (Fsp3) is 0.909. The summed E-state index contributed by atoms with van der Waals surface area (Å²) in [6.45, 7) is 9.36. The summed E-state index contributed by atoms with van der Waals surface area (Å²) in [5.74, 6) is 1.60. The maximum atomic E-state index is 2.59. The van der Waals surface area contributed by atoms with Gasteiger partial charge in [0.2, 0.25) is 0 Å². The van der Waals surface area contributed by atoms with Crippen LogP contribution in [0.3, 0.4) is 0 Å². The first kappa shape index (κ1) is 32.2. The van der Waals surface area contributed by atoms with Gasteiger partial charge in [0.1, 0.15) is 12.4 Å². The molecule has 0 atom stereocenters. The number of hydrogen-bond acceptors (Lipinski definition) is 0. The molecule has 0 spiro atoms. The molecule has 1 heterocycles. The van der Waals surface area contributed by atoms with Crippen LogP contribution in [0.5, 0.6) is 0 Å². The van der Waals surface area contributed by atoms with E-state index in [-0.39, 0.29) is 0 Å². The van der Waals surface area contributed by atoms with Crippen molar-refractivity contribution in [2.24, 2.45) is 0 Å². The largest absolute Gasteiger partial charge is 0.256 e. The highest BCUT2D eigenvalue weighted by atomic mass is 15.1. The molecule has 0 fully saturated rings. The number of imidazole rings is 1. The number of aryl methyl sites for hydroxylation is 2. The molecule has 1 aromatic heterocycles. The Morgan fingerprint density at radius 2 is 0.886 bits per heavy atom. The Morgan fingerprint density at radius 1 is 0.486 bits per heavy atom. The van der Waals surface area contributed by atoms with Gasteiger partial charge >= 0.3 is 0 Å². The number of nitrogens with zero attached hydrogens (tertiary/aromatic N) is 2. The molecule has 0 aliphatic carbocycles. The van der Waals surface area contributed by atoms with Crippen LogP contribution in [0.4, 0.5) is 0 Å². The summed E-state index contributed by atoms with van der Waals surface area (Å²) in [4.78, 5) is 0. The highest BCUT2D eigenvalue weighted by Crippen LogP contribution is 2.15. The second-order valence-electron chi connectivity index (χ2n) is 11.3. The average molecular weight is 490 g/mol. The van der Waals surface area contributed by atoms with E-state index in [9.17, 15) is 0 Å². The van der Waals surface area contributed by atoms with Gasteiger partial charge in [-0.1, -0.05) is 143 Å². The third kappa shape index (κ3) is 18.2. The summed E-state index contributed by atoms with van der Waals surface area (Å²) >= 11 is 0. The molecular formula is C33H65N2+. The number of unbranched alkanes of at least 4 members (excludes halogenated alkanes) is 21. The molecule has 0 N–H and O–H groups in total. The Bertz CT molecular complexity index is 547. The summed E-state index contributed by atoms with van der Waals surface area (Å²) in [6.07, 6.45) is 40.0. The Morgan fingerprint density at radius 3 is 1.37 bits per heavy atom. The third-order valence-corrected chi connectivity index (χ3v) is 7.85. The van der Waals surface area contributed by atoms with Crippen LogP contribution < -0.4 is 4.57 Å². The van der Waals surface area contributed by atoms with E-state index in [0.29, 0.717) is 0 Å². The van der Waals surface area contributed by atoms with Gasteiger partial charge in [0.25, 0.3) is 5.82 Å². The molecule has 1 aromatic rings. The Kier molecular flexibility index (Phi) is 22.9. The van der Waals surface area contributed by atoms with Gasteiger partial charge in [-0.2, -0.15) is 0 Å². The first-order chi connectivity index (χ1) is 17.3. The maximum absolute atomic E-state index is 2.59. The minimum atomic E-state index is 1.21. The van der Waals surface area contributed by atoms with Gasteiger partial charge in [-0.15, -0.1) is 0 Å². The second-order valence-corrected chi connectivity index (χ2v) is 11.3. The number of rotatable bonds is 27. The van der Waals surface area contributed by atoms with Gasteiger partial charge in [0, 0.05) is 6.42 Å². The fourth-order valence-electron chi connectivity index (χ4n) is 5.44. The molecule has 0 aromatic carbocycles. The number of aromatic nitrogens is 2. The molecule has 0 aliphatic heterocycles. The van der Waals surface area contributed by atoms with Gasteiger partial charge < -0.3 is 0 Å². The van der Waals surface area contributed by atoms with Crippen LogP contribution in [0.1, 0.15) is 181 Å². The van der Waals surface area contributed by atoms with Crippen molar-refractivity contribution in [2.75, 3.05) is 0 Å². The van der Waals surface area contributed by atoms with Crippen LogP contribution in [0.25, 0.3) is 0 Å². The first-order valence-corrected chi connectivity index (χ1v) is 16.4. The molecule has 2 heteroatoms. The van der Waals surface area contributed by atoms with E-state index >= 15 is 0 Å². The molecular weight excluding hydrogens is 424 g/mol. The van der Waals surface area contributed by atoms with Crippen LogP contribution >= 0.6 is 0 Å². The predicted molar refractivity (Wildman–Crippen MR) is 156 cm³/mol. The van der Waals surface area contributed by atoms with Crippen molar-refractivity contribution < 1.29 is 4.57 Å². The van der Waals surface area contributed by atoms with Crippen molar-refractivity contribution in [3.8, 4) is 0 Å². The average Bonchev–Trinajstić information content (AvgIpc) is 3.25. The fourth-order valence-corrected chi connectivity index (χ4v) is 5.44. The molecule has 1 rings (SSSR count). The van der Waals surface area contributed by atoms with Crippen LogP contribution in [0.2, 0.25) is 0 Å². The Hall–Kier alpha value is -0.790. The summed E-state index contributed by atoms with van der Waals surface area (Å²) in [5.41, 5.74) is 0. The molecule has 0 aliphatic rings. The zero-order valence-corrected chi connectivity index (χ0v) is 24.6. The van der Waals surface area contributed by atoms with E-state index in [1.54, 1.807) is 5.82 Å². The standard InChI is InChI=1S/C33H65N2/c1-4-7-10-12-13-14-15-16-17-18-19-20-21-22-23-25-28-33-34(29-26-9-6-3)31-32-35(33)30-27-24-11-8-5-2/h31-32H,4-30H2,1-3H3/q+1. The van der Waals surface area contributed by atoms with Crippen molar-refractivity contribution in [3.05, 3.63) is 18.2 Å². The monoisotopic (exact) mass is 490 g/mol. The lowest BCUT2D eigenvalue weighted by atomic mass is 10.0. The van der Waals surface area contributed by atoms with Crippen molar-refractivity contribution in [1.29, 1.82) is 0 Å². The van der Waals surface area contributed by atoms with Gasteiger partial charge in [0.05, 0.1) is 13.1 Å². The minimum Gasteiger partial charge on any atom is -0.234 e. The minimum absolute atomic E-state index is 1.21. The summed E-state index contributed by atoms with van der Waals surface area (Å²) < 4.78 is 5.16. The highest BCUT2D eigenvalue weighted by molar-refractivity contribution is 4.84. The molecule has 0 bridgehead atoms. The molecule has 0 radical (unpaired) electrons. The quantitative estimate of drug-likeness (QED) is 0.0858. The van der Waals surface area contributed by atoms with Crippen LogP contribution in [0, 0.1) is 0 Å². The van der Waals surface area contributed by atoms with Crippen LogP contribution in [-0.4, -0.2) is 4.57 Å². The van der Waals surface area contributed by atoms with Crippen molar-refractivity contribution in [1.82, 2.24) is 4.57 Å². The lowest BCUT2D eigenvalue weighted by Crippen LogP contribution is -2.37. The number of hydrogen-bond donors (Lipinski definition) is 0. The Labute approximate surface area is 221 Å². The van der Waals surface area contributed by atoms with Gasteiger partial charge in [-0.3, -0.25) is 0 Å². The smallest absolute Gasteiger partial charge is 0.234 e. The highest BCUT2D eigenvalue weighted by Gasteiger charge is 2.16. The van der Waals surface area contributed by atoms with E-state index in [1.165, 1.54) is 174 Å². The van der Waals surface area contributed by atoms with Crippen molar-refractivity contribution in [3.63, 3.8) is 0 Å².